The van der Waals surface area contributed by atoms with Gasteiger partial charge in [-0.1, -0.05) is 30.3 Å². The van der Waals surface area contributed by atoms with Crippen LogP contribution in [0.2, 0.25) is 0 Å². The number of anilines is 1. The van der Waals surface area contributed by atoms with Crippen LogP contribution in [0.3, 0.4) is 0 Å². The van der Waals surface area contributed by atoms with Crippen LogP contribution in [0, 0.1) is 0 Å². The number of hydrogen-bond acceptors (Lipinski definition) is 5. The number of carbonyl (C=O) groups excluding carboxylic acids is 1. The molecule has 0 bridgehead atoms. The summed E-state index contributed by atoms with van der Waals surface area (Å²) in [6.07, 6.45) is 3.82. The van der Waals surface area contributed by atoms with Gasteiger partial charge in [-0.2, -0.15) is 4.57 Å². The van der Waals surface area contributed by atoms with Gasteiger partial charge in [-0.25, -0.2) is 9.78 Å². The Morgan fingerprint density at radius 3 is 2.52 bits per heavy atom. The first-order chi connectivity index (χ1) is 14.2. The van der Waals surface area contributed by atoms with Crippen molar-refractivity contribution < 1.29 is 18.9 Å². The van der Waals surface area contributed by atoms with Gasteiger partial charge >= 0.3 is 11.7 Å². The molecule has 0 amide bonds. The van der Waals surface area contributed by atoms with Crippen molar-refractivity contribution in [2.24, 2.45) is 0 Å². The molecule has 3 heterocycles. The number of rotatable bonds is 4. The Bertz CT molecular complexity index is 1170. The van der Waals surface area contributed by atoms with Crippen LogP contribution < -0.4 is 9.88 Å². The summed E-state index contributed by atoms with van der Waals surface area (Å²) in [4.78, 5) is 18.0. The Balaban J connectivity index is 1.63. The highest BCUT2D eigenvalue weighted by molar-refractivity contribution is 5.86. The maximum absolute atomic E-state index is 13.1. The molecule has 6 nitrogen and oxygen atoms in total. The van der Waals surface area contributed by atoms with Gasteiger partial charge in [-0.05, 0) is 36.4 Å². The van der Waals surface area contributed by atoms with Crippen LogP contribution in [0.15, 0.2) is 83.6 Å². The Kier molecular flexibility index (Phi) is 4.09. The second-order valence-electron chi connectivity index (χ2n) is 6.92. The molecule has 5 rings (SSSR count). The van der Waals surface area contributed by atoms with Gasteiger partial charge in [0.15, 0.2) is 5.69 Å². The fourth-order valence-corrected chi connectivity index (χ4v) is 3.55. The van der Waals surface area contributed by atoms with Gasteiger partial charge in [0.1, 0.15) is 23.4 Å². The molecule has 142 valence electrons. The van der Waals surface area contributed by atoms with Crippen molar-refractivity contribution in [3.63, 3.8) is 0 Å². The Morgan fingerprint density at radius 2 is 1.79 bits per heavy atom. The highest BCUT2D eigenvalue weighted by atomic mass is 16.3. The third-order valence-corrected chi connectivity index (χ3v) is 4.99. The minimum Gasteiger partial charge on any atom is -0.508 e. The summed E-state index contributed by atoms with van der Waals surface area (Å²) in [7, 11) is 0. The van der Waals surface area contributed by atoms with Crippen LogP contribution in [0.1, 0.15) is 10.6 Å². The largest absolute Gasteiger partial charge is 0.508 e. The minimum absolute atomic E-state index is 0.0593. The Morgan fingerprint density at radius 1 is 1.00 bits per heavy atom. The highest BCUT2D eigenvalue weighted by Gasteiger charge is 2.41. The van der Waals surface area contributed by atoms with Gasteiger partial charge in [0, 0.05) is 11.1 Å². The standard InChI is InChI=1S/C23H17N3O3/c27-17-10-8-16(9-11-17)21-22-25-19(13-18-7-4-12-29-18)23(28)26(22)14-20(24-21)15-5-2-1-3-6-15/h1-12,14,19H,13H2,(H,24,27)/p+1. The van der Waals surface area contributed by atoms with E-state index in [0.29, 0.717) is 23.6 Å². The van der Waals surface area contributed by atoms with Crippen molar-refractivity contribution in [1.82, 2.24) is 4.98 Å². The molecule has 0 fully saturated rings. The lowest BCUT2D eigenvalue weighted by atomic mass is 10.1. The topological polar surface area (TPSA) is 79.2 Å². The molecule has 2 aromatic carbocycles. The van der Waals surface area contributed by atoms with Crippen molar-refractivity contribution >= 4 is 11.7 Å². The third kappa shape index (κ3) is 3.14. The molecule has 2 aromatic heterocycles. The number of nitrogens with one attached hydrogen (secondary N) is 1. The molecule has 6 heteroatoms. The van der Waals surface area contributed by atoms with Gasteiger partial charge in [0.2, 0.25) is 6.04 Å². The lowest BCUT2D eigenvalue weighted by Gasteiger charge is -2.07. The monoisotopic (exact) mass is 384 g/mol. The molecule has 0 spiro atoms. The zero-order chi connectivity index (χ0) is 19.8. The molecular weight excluding hydrogens is 366 g/mol. The van der Waals surface area contributed by atoms with Crippen LogP contribution in [0.25, 0.3) is 22.5 Å². The molecule has 0 saturated heterocycles. The van der Waals surface area contributed by atoms with E-state index in [0.717, 1.165) is 16.9 Å². The van der Waals surface area contributed by atoms with Gasteiger partial charge < -0.3 is 9.52 Å². The Labute approximate surface area is 167 Å². The van der Waals surface area contributed by atoms with Gasteiger partial charge in [-0.15, -0.1) is 0 Å². The number of carbonyl (C=O) groups is 1. The maximum Gasteiger partial charge on any atom is 0.359 e. The van der Waals surface area contributed by atoms with Crippen molar-refractivity contribution in [2.45, 2.75) is 12.5 Å². The molecule has 0 radical (unpaired) electrons. The van der Waals surface area contributed by atoms with Gasteiger partial charge in [-0.3, -0.25) is 5.32 Å². The summed E-state index contributed by atoms with van der Waals surface area (Å²) >= 11 is 0. The molecule has 1 unspecified atom stereocenters. The van der Waals surface area contributed by atoms with Crippen LogP contribution >= 0.6 is 0 Å². The first-order valence-electron chi connectivity index (χ1n) is 9.34. The summed E-state index contributed by atoms with van der Waals surface area (Å²) < 4.78 is 7.05. The number of benzene rings is 2. The number of phenolic OH excluding ortho intramolecular Hbond substituents is 1. The number of aromatic hydroxyl groups is 1. The van der Waals surface area contributed by atoms with Gasteiger partial charge in [0.25, 0.3) is 0 Å². The maximum atomic E-state index is 13.1. The van der Waals surface area contributed by atoms with E-state index < -0.39 is 6.04 Å². The van der Waals surface area contributed by atoms with E-state index in [1.165, 1.54) is 0 Å². The first kappa shape index (κ1) is 17.2. The number of phenols is 1. The second kappa shape index (κ2) is 6.91. The second-order valence-corrected chi connectivity index (χ2v) is 6.92. The highest BCUT2D eigenvalue weighted by Crippen LogP contribution is 2.30. The average molecular weight is 384 g/mol. The summed E-state index contributed by atoms with van der Waals surface area (Å²) in [6, 6.07) is 19.8. The van der Waals surface area contributed by atoms with Crippen molar-refractivity contribution in [1.29, 1.82) is 0 Å². The number of aromatic nitrogens is 2. The van der Waals surface area contributed by atoms with E-state index in [9.17, 15) is 9.90 Å². The summed E-state index contributed by atoms with van der Waals surface area (Å²) in [5, 5.41) is 13.0. The molecule has 2 N–H and O–H groups in total. The van der Waals surface area contributed by atoms with Gasteiger partial charge in [0.05, 0.1) is 12.7 Å². The van der Waals surface area contributed by atoms with Crippen LogP contribution in [-0.4, -0.2) is 22.0 Å². The molecule has 1 aliphatic heterocycles. The third-order valence-electron chi connectivity index (χ3n) is 4.99. The minimum atomic E-state index is -0.440. The normalized spacial score (nSPS) is 15.2. The number of furan rings is 1. The zero-order valence-electron chi connectivity index (χ0n) is 15.4. The molecule has 1 atom stereocenters. The van der Waals surface area contributed by atoms with Crippen LogP contribution in [-0.2, 0) is 6.42 Å². The fraction of sp³-hybridized carbons (Fsp3) is 0.0870. The SMILES string of the molecule is O=C1C(Cc2ccco2)Nc2c(-c3ccc(O)cc3)nc(-c3ccccc3)c[n+]21. The van der Waals surface area contributed by atoms with Crippen LogP contribution in [0.4, 0.5) is 5.82 Å². The molecular formula is C23H18N3O3+. The smallest absolute Gasteiger partial charge is 0.359 e. The first-order valence-corrected chi connectivity index (χ1v) is 9.34. The quantitative estimate of drug-likeness (QED) is 0.525. The van der Waals surface area contributed by atoms with Crippen molar-refractivity contribution in [3.8, 4) is 28.3 Å². The number of hydrogen-bond donors (Lipinski definition) is 2. The summed E-state index contributed by atoms with van der Waals surface area (Å²) in [5.41, 5.74) is 3.08. The lowest BCUT2D eigenvalue weighted by Crippen LogP contribution is -2.43. The summed E-state index contributed by atoms with van der Waals surface area (Å²) in [5.74, 6) is 1.50. The van der Waals surface area contributed by atoms with E-state index >= 15 is 0 Å². The predicted octanol–water partition coefficient (Wildman–Crippen LogP) is 3.68. The molecule has 4 aromatic rings. The summed E-state index contributed by atoms with van der Waals surface area (Å²) in [6.45, 7) is 0. The molecule has 0 aliphatic carbocycles. The van der Waals surface area contributed by atoms with E-state index in [4.69, 9.17) is 9.40 Å². The fourth-order valence-electron chi connectivity index (χ4n) is 3.55. The van der Waals surface area contributed by atoms with E-state index in [-0.39, 0.29) is 11.7 Å². The molecule has 0 saturated carbocycles. The van der Waals surface area contributed by atoms with E-state index in [1.54, 1.807) is 41.3 Å². The average Bonchev–Trinajstić information content (AvgIpc) is 3.37. The predicted molar refractivity (Wildman–Crippen MR) is 107 cm³/mol. The number of nitrogens with zero attached hydrogens (tertiary/aromatic N) is 2. The molecule has 29 heavy (non-hydrogen) atoms. The van der Waals surface area contributed by atoms with Crippen molar-refractivity contribution in [3.05, 3.63) is 85.0 Å². The van der Waals surface area contributed by atoms with Crippen LogP contribution in [0.5, 0.6) is 5.75 Å². The van der Waals surface area contributed by atoms with E-state index in [2.05, 4.69) is 5.32 Å². The lowest BCUT2D eigenvalue weighted by molar-refractivity contribution is -0.551. The van der Waals surface area contributed by atoms with E-state index in [1.807, 2.05) is 42.5 Å². The molecule has 1 aliphatic rings. The Hall–Kier alpha value is -3.93. The van der Waals surface area contributed by atoms with Crippen molar-refractivity contribution in [2.75, 3.05) is 5.32 Å². The zero-order valence-corrected chi connectivity index (χ0v) is 15.4. The number of fused-ring (bicyclic) bond motifs is 1.